The number of thiocarbonyl (C=S) groups is 1. The summed E-state index contributed by atoms with van der Waals surface area (Å²) in [6, 6.07) is 20.4. The summed E-state index contributed by atoms with van der Waals surface area (Å²) in [5.41, 5.74) is 0.864. The monoisotopic (exact) mass is 467 g/mol. The van der Waals surface area contributed by atoms with Crippen molar-refractivity contribution in [1.82, 2.24) is 5.32 Å². The van der Waals surface area contributed by atoms with Crippen LogP contribution in [0.4, 0.5) is 0 Å². The van der Waals surface area contributed by atoms with Crippen LogP contribution in [0.15, 0.2) is 70.5 Å². The fraction of sp³-hybridized carbons (Fsp3) is 0.167. The summed E-state index contributed by atoms with van der Waals surface area (Å²) in [6.45, 7) is 3.02. The molecule has 0 aromatic heterocycles. The summed E-state index contributed by atoms with van der Waals surface area (Å²) in [5, 5.41) is 5.13. The smallest absolute Gasteiger partial charge is 0.263 e. The molecule has 31 heavy (non-hydrogen) atoms. The molecule has 0 aliphatic carbocycles. The van der Waals surface area contributed by atoms with Gasteiger partial charge in [-0.3, -0.25) is 4.79 Å². The predicted octanol–water partition coefficient (Wildman–Crippen LogP) is 5.90. The topological polar surface area (TPSA) is 47.6 Å². The van der Waals surface area contributed by atoms with Crippen LogP contribution in [0.5, 0.6) is 11.5 Å². The number of hydrogen-bond donors (Lipinski definition) is 1. The molecule has 0 bridgehead atoms. The van der Waals surface area contributed by atoms with Crippen LogP contribution in [0, 0.1) is 0 Å². The zero-order chi connectivity index (χ0) is 21.6. The number of thioether (sulfide) groups is 2. The van der Waals surface area contributed by atoms with E-state index in [1.54, 1.807) is 11.8 Å². The second-order valence-electron chi connectivity index (χ2n) is 6.67. The molecule has 1 saturated heterocycles. The van der Waals surface area contributed by atoms with E-state index >= 15 is 0 Å². The van der Waals surface area contributed by atoms with E-state index in [4.69, 9.17) is 21.7 Å². The summed E-state index contributed by atoms with van der Waals surface area (Å²) < 4.78 is 12.3. The Morgan fingerprint density at radius 2 is 1.90 bits per heavy atom. The lowest BCUT2D eigenvalue weighted by Gasteiger charge is -2.13. The average molecular weight is 468 g/mol. The number of rotatable bonds is 8. The summed E-state index contributed by atoms with van der Waals surface area (Å²) in [7, 11) is 0. The molecule has 0 unspecified atom stereocenters. The highest BCUT2D eigenvalue weighted by Crippen LogP contribution is 2.33. The fourth-order valence-corrected chi connectivity index (χ4v) is 5.15. The summed E-state index contributed by atoms with van der Waals surface area (Å²) in [4.78, 5) is 13.7. The Labute approximate surface area is 195 Å². The molecule has 0 spiro atoms. The van der Waals surface area contributed by atoms with Crippen molar-refractivity contribution in [2.24, 2.45) is 0 Å². The van der Waals surface area contributed by atoms with Gasteiger partial charge in [0.15, 0.2) is 11.5 Å². The molecule has 1 aliphatic heterocycles. The molecule has 3 aromatic rings. The van der Waals surface area contributed by atoms with Crippen LogP contribution in [-0.2, 0) is 4.79 Å². The molecule has 1 amide bonds. The molecule has 1 aliphatic rings. The number of amides is 1. The summed E-state index contributed by atoms with van der Waals surface area (Å²) >= 11 is 8.08. The van der Waals surface area contributed by atoms with Gasteiger partial charge in [0.2, 0.25) is 0 Å². The lowest BCUT2D eigenvalue weighted by molar-refractivity contribution is -0.115. The van der Waals surface area contributed by atoms with Gasteiger partial charge in [-0.15, -0.1) is 11.8 Å². The largest absolute Gasteiger partial charge is 0.490 e. The van der Waals surface area contributed by atoms with Gasteiger partial charge in [0.25, 0.3) is 5.91 Å². The number of benzene rings is 3. The molecule has 0 saturated carbocycles. The minimum Gasteiger partial charge on any atom is -0.490 e. The van der Waals surface area contributed by atoms with E-state index in [0.717, 1.165) is 11.3 Å². The highest BCUT2D eigenvalue weighted by molar-refractivity contribution is 8.26. The molecule has 0 radical (unpaired) electrons. The number of hydrogen-bond acceptors (Lipinski definition) is 6. The first kappa shape index (κ1) is 21.7. The number of nitrogens with one attached hydrogen (secondary N) is 1. The van der Waals surface area contributed by atoms with Crippen molar-refractivity contribution in [2.45, 2.75) is 11.8 Å². The van der Waals surface area contributed by atoms with E-state index in [0.29, 0.717) is 33.9 Å². The quantitative estimate of drug-likeness (QED) is 0.193. The minimum absolute atomic E-state index is 0.168. The molecule has 3 aromatic carbocycles. The average Bonchev–Trinajstić information content (AvgIpc) is 3.09. The van der Waals surface area contributed by atoms with E-state index in [9.17, 15) is 4.79 Å². The molecule has 4 nitrogen and oxygen atoms in total. The molecule has 1 heterocycles. The highest BCUT2D eigenvalue weighted by Gasteiger charge is 2.22. The van der Waals surface area contributed by atoms with Crippen LogP contribution in [0.25, 0.3) is 16.8 Å². The van der Waals surface area contributed by atoms with E-state index in [1.807, 2.05) is 31.2 Å². The molecule has 4 rings (SSSR count). The molecule has 1 fully saturated rings. The van der Waals surface area contributed by atoms with Gasteiger partial charge in [-0.1, -0.05) is 66.4 Å². The van der Waals surface area contributed by atoms with Gasteiger partial charge in [0.05, 0.1) is 18.1 Å². The Morgan fingerprint density at radius 1 is 1.06 bits per heavy atom. The van der Waals surface area contributed by atoms with E-state index in [2.05, 4.69) is 47.8 Å². The van der Waals surface area contributed by atoms with E-state index < -0.39 is 0 Å². The molecule has 7 heteroatoms. The standard InChI is InChI=1S/C24H21NO3S3/c1-2-27-20-14-16(15-22-23(26)25-24(29)31-22)10-11-19(20)28-12-13-30-21-9-5-7-17-6-3-4-8-18(17)21/h3-11,14-15H,2,12-13H2,1H3,(H,25,26,29)/b22-15-. The number of ether oxygens (including phenoxy) is 2. The van der Waals surface area contributed by atoms with Gasteiger partial charge in [-0.25, -0.2) is 0 Å². The van der Waals surface area contributed by atoms with Crippen molar-refractivity contribution < 1.29 is 14.3 Å². The van der Waals surface area contributed by atoms with Crippen molar-refractivity contribution in [1.29, 1.82) is 0 Å². The third-order valence-corrected chi connectivity index (χ3v) is 6.76. The van der Waals surface area contributed by atoms with E-state index in [1.165, 1.54) is 27.4 Å². The van der Waals surface area contributed by atoms with Crippen molar-refractivity contribution in [3.05, 3.63) is 71.1 Å². The Hall–Kier alpha value is -2.48. The third-order valence-electron chi connectivity index (χ3n) is 4.56. The lowest BCUT2D eigenvalue weighted by Crippen LogP contribution is -2.17. The first-order valence-corrected chi connectivity index (χ1v) is 12.1. The number of carbonyl (C=O) groups excluding carboxylic acids is 1. The van der Waals surface area contributed by atoms with Crippen LogP contribution < -0.4 is 14.8 Å². The second kappa shape index (κ2) is 10.2. The van der Waals surface area contributed by atoms with Crippen LogP contribution >= 0.6 is 35.7 Å². The Bertz CT molecular complexity index is 1150. The zero-order valence-corrected chi connectivity index (χ0v) is 19.4. The van der Waals surface area contributed by atoms with Gasteiger partial charge >= 0.3 is 0 Å². The lowest BCUT2D eigenvalue weighted by atomic mass is 10.1. The summed E-state index contributed by atoms with van der Waals surface area (Å²) in [5.74, 6) is 2.01. The van der Waals surface area contributed by atoms with Gasteiger partial charge in [0.1, 0.15) is 4.32 Å². The molecule has 158 valence electrons. The Kier molecular flexibility index (Phi) is 7.17. The normalized spacial score (nSPS) is 14.8. The Balaban J connectivity index is 1.41. The maximum Gasteiger partial charge on any atom is 0.263 e. The molecular weight excluding hydrogens is 446 g/mol. The van der Waals surface area contributed by atoms with Crippen molar-refractivity contribution >= 4 is 62.8 Å². The van der Waals surface area contributed by atoms with Gasteiger partial charge < -0.3 is 14.8 Å². The number of fused-ring (bicyclic) bond motifs is 1. The Morgan fingerprint density at radius 3 is 2.71 bits per heavy atom. The van der Waals surface area contributed by atoms with Crippen molar-refractivity contribution in [3.8, 4) is 11.5 Å². The van der Waals surface area contributed by atoms with Gasteiger partial charge in [-0.2, -0.15) is 0 Å². The van der Waals surface area contributed by atoms with Crippen LogP contribution in [0.1, 0.15) is 12.5 Å². The maximum absolute atomic E-state index is 11.9. The predicted molar refractivity (Wildman–Crippen MR) is 134 cm³/mol. The van der Waals surface area contributed by atoms with Crippen LogP contribution in [0.2, 0.25) is 0 Å². The van der Waals surface area contributed by atoms with Crippen LogP contribution in [0.3, 0.4) is 0 Å². The van der Waals surface area contributed by atoms with E-state index in [-0.39, 0.29) is 5.91 Å². The molecule has 1 N–H and O–H groups in total. The number of carbonyl (C=O) groups is 1. The van der Waals surface area contributed by atoms with Gasteiger partial charge in [0, 0.05) is 10.6 Å². The van der Waals surface area contributed by atoms with Crippen molar-refractivity contribution in [2.75, 3.05) is 19.0 Å². The molecular formula is C24H21NO3S3. The summed E-state index contributed by atoms with van der Waals surface area (Å²) in [6.07, 6.45) is 1.81. The van der Waals surface area contributed by atoms with Crippen molar-refractivity contribution in [3.63, 3.8) is 0 Å². The third kappa shape index (κ3) is 5.42. The first-order chi connectivity index (χ1) is 15.1. The molecule has 0 atom stereocenters. The van der Waals surface area contributed by atoms with Gasteiger partial charge in [-0.05, 0) is 47.5 Å². The van der Waals surface area contributed by atoms with Crippen LogP contribution in [-0.4, -0.2) is 29.2 Å². The zero-order valence-electron chi connectivity index (χ0n) is 16.9. The second-order valence-corrected chi connectivity index (χ2v) is 9.52. The fourth-order valence-electron chi connectivity index (χ4n) is 3.20. The maximum atomic E-state index is 11.9. The highest BCUT2D eigenvalue weighted by atomic mass is 32.2. The SMILES string of the molecule is CCOc1cc(/C=C2\SC(=S)NC2=O)ccc1OCCSc1cccc2ccccc12. The first-order valence-electron chi connectivity index (χ1n) is 9.89. The minimum atomic E-state index is -0.168.